The zero-order valence-electron chi connectivity index (χ0n) is 19.1. The van der Waals surface area contributed by atoms with Crippen LogP contribution in [0.3, 0.4) is 0 Å². The van der Waals surface area contributed by atoms with Gasteiger partial charge in [0.1, 0.15) is 0 Å². The van der Waals surface area contributed by atoms with Crippen LogP contribution in [-0.4, -0.2) is 12.4 Å². The Hall–Kier alpha value is -3.72. The quantitative estimate of drug-likeness (QED) is 0.218. The Labute approximate surface area is 216 Å². The molecule has 0 unspecified atom stereocenters. The van der Waals surface area contributed by atoms with Gasteiger partial charge in [-0.1, -0.05) is 108 Å². The van der Waals surface area contributed by atoms with E-state index in [-0.39, 0.29) is 0 Å². The predicted octanol–water partition coefficient (Wildman–Crippen LogP) is 9.42. The fraction of sp³-hybridized carbons (Fsp3) is 0.0323. The molecule has 4 aromatic carbocycles. The Morgan fingerprint density at radius 2 is 0.971 bits per heavy atom. The van der Waals surface area contributed by atoms with Crippen LogP contribution in [0.1, 0.15) is 22.3 Å². The zero-order valence-corrected chi connectivity index (χ0v) is 20.6. The number of allylic oxidation sites excluding steroid dienone is 2. The van der Waals surface area contributed by atoms with E-state index < -0.39 is 0 Å². The normalized spacial score (nSPS) is 11.9. The monoisotopic (exact) mass is 494 g/mol. The van der Waals surface area contributed by atoms with Gasteiger partial charge in [-0.25, -0.2) is 0 Å². The lowest BCUT2D eigenvalue weighted by molar-refractivity contribution is 1.19. The minimum atomic E-state index is 0.615. The number of aliphatic imine (C=N–C) groups is 2. The average molecular weight is 495 g/mol. The second-order valence-electron chi connectivity index (χ2n) is 7.84. The Balaban J connectivity index is 1.36. The number of halogens is 2. The summed E-state index contributed by atoms with van der Waals surface area (Å²) in [7, 11) is 0. The lowest BCUT2D eigenvalue weighted by Gasteiger charge is -2.06. The van der Waals surface area contributed by atoms with E-state index in [2.05, 4.69) is 9.98 Å². The van der Waals surface area contributed by atoms with E-state index in [1.54, 1.807) is 12.4 Å². The zero-order chi connectivity index (χ0) is 24.3. The van der Waals surface area contributed by atoms with Crippen LogP contribution in [0.5, 0.6) is 0 Å². The maximum atomic E-state index is 6.47. The molecular formula is C31H24Cl2N2. The summed E-state index contributed by atoms with van der Waals surface area (Å²) >= 11 is 12.9. The van der Waals surface area contributed by atoms with Gasteiger partial charge < -0.3 is 0 Å². The first kappa shape index (κ1) is 24.4. The summed E-state index contributed by atoms with van der Waals surface area (Å²) in [5, 5.41) is 1.23. The average Bonchev–Trinajstić information content (AvgIpc) is 2.88. The number of benzene rings is 4. The van der Waals surface area contributed by atoms with Crippen molar-refractivity contribution in [3.63, 3.8) is 0 Å². The van der Waals surface area contributed by atoms with Crippen molar-refractivity contribution in [1.29, 1.82) is 0 Å². The first-order valence-electron chi connectivity index (χ1n) is 11.3. The van der Waals surface area contributed by atoms with Gasteiger partial charge in [0.15, 0.2) is 0 Å². The second kappa shape index (κ2) is 12.7. The highest BCUT2D eigenvalue weighted by Gasteiger charge is 2.05. The first-order chi connectivity index (χ1) is 17.2. The van der Waals surface area contributed by atoms with Crippen LogP contribution in [0.2, 0.25) is 10.0 Å². The Kier molecular flexibility index (Phi) is 8.83. The molecule has 0 aliphatic heterocycles. The first-order valence-corrected chi connectivity index (χ1v) is 12.0. The maximum Gasteiger partial charge on any atom is 0.0816 e. The third-order valence-electron chi connectivity index (χ3n) is 5.21. The SMILES string of the molecule is Clc1cc(Cc2ccc(N=C/C=C/c3ccccc3)c(Cl)c2)ccc1N=CC=Cc1ccccc1. The van der Waals surface area contributed by atoms with Crippen molar-refractivity contribution in [3.05, 3.63) is 142 Å². The van der Waals surface area contributed by atoms with Crippen molar-refractivity contribution in [3.8, 4) is 0 Å². The van der Waals surface area contributed by atoms with E-state index in [0.717, 1.165) is 40.0 Å². The fourth-order valence-electron chi connectivity index (χ4n) is 3.45. The van der Waals surface area contributed by atoms with Crippen LogP contribution in [0.15, 0.2) is 119 Å². The van der Waals surface area contributed by atoms with E-state index >= 15 is 0 Å². The number of rotatable bonds is 8. The van der Waals surface area contributed by atoms with Gasteiger partial charge in [-0.3, -0.25) is 9.98 Å². The molecule has 0 aliphatic carbocycles. The standard InChI is InChI=1S/C31H24Cl2N2/c32-28-22-26(15-17-30(28)34-19-7-13-24-9-3-1-4-10-24)21-27-16-18-31(29(33)23-27)35-20-8-14-25-11-5-2-6-12-25/h1-20,22-23H,21H2/b13-7+,14-8?,34-19?,35-20?. The summed E-state index contributed by atoms with van der Waals surface area (Å²) in [6.45, 7) is 0. The van der Waals surface area contributed by atoms with Crippen LogP contribution >= 0.6 is 23.2 Å². The molecule has 0 saturated carbocycles. The number of hydrogen-bond acceptors (Lipinski definition) is 2. The topological polar surface area (TPSA) is 24.7 Å². The van der Waals surface area contributed by atoms with Gasteiger partial charge in [0.25, 0.3) is 0 Å². The van der Waals surface area contributed by atoms with Gasteiger partial charge in [0, 0.05) is 12.4 Å². The third kappa shape index (κ3) is 7.65. The lowest BCUT2D eigenvalue weighted by atomic mass is 10.0. The Bertz CT molecular complexity index is 1270. The molecule has 4 rings (SSSR count). The van der Waals surface area contributed by atoms with Gasteiger partial charge in [-0.15, -0.1) is 0 Å². The third-order valence-corrected chi connectivity index (χ3v) is 5.81. The molecule has 0 N–H and O–H groups in total. The molecule has 0 fully saturated rings. The van der Waals surface area contributed by atoms with Crippen LogP contribution in [0, 0.1) is 0 Å². The maximum absolute atomic E-state index is 6.47. The summed E-state index contributed by atoms with van der Waals surface area (Å²) in [5.74, 6) is 0. The lowest BCUT2D eigenvalue weighted by Crippen LogP contribution is -1.88. The van der Waals surface area contributed by atoms with E-state index in [9.17, 15) is 0 Å². The Morgan fingerprint density at radius 3 is 1.37 bits per heavy atom. The molecule has 0 aromatic heterocycles. The van der Waals surface area contributed by atoms with Crippen molar-refractivity contribution >= 4 is 59.2 Å². The van der Waals surface area contributed by atoms with E-state index in [0.29, 0.717) is 10.0 Å². The molecule has 0 saturated heterocycles. The van der Waals surface area contributed by atoms with E-state index in [1.807, 2.05) is 121 Å². The van der Waals surface area contributed by atoms with Crippen molar-refractivity contribution in [2.75, 3.05) is 0 Å². The summed E-state index contributed by atoms with van der Waals surface area (Å²) < 4.78 is 0. The molecule has 0 amide bonds. The molecular weight excluding hydrogens is 471 g/mol. The summed E-state index contributed by atoms with van der Waals surface area (Å²) in [4.78, 5) is 8.93. The second-order valence-corrected chi connectivity index (χ2v) is 8.66. The largest absolute Gasteiger partial charge is 0.255 e. The summed E-state index contributed by atoms with van der Waals surface area (Å²) in [6.07, 6.45) is 12.0. The summed E-state index contributed by atoms with van der Waals surface area (Å²) in [5.41, 5.74) is 5.90. The van der Waals surface area contributed by atoms with Crippen molar-refractivity contribution in [2.45, 2.75) is 6.42 Å². The van der Waals surface area contributed by atoms with Crippen molar-refractivity contribution in [2.24, 2.45) is 9.98 Å². The van der Waals surface area contributed by atoms with Gasteiger partial charge in [-0.2, -0.15) is 0 Å². The molecule has 0 atom stereocenters. The van der Waals surface area contributed by atoms with Crippen LogP contribution in [-0.2, 0) is 6.42 Å². The van der Waals surface area contributed by atoms with Crippen molar-refractivity contribution < 1.29 is 0 Å². The van der Waals surface area contributed by atoms with Gasteiger partial charge in [0.05, 0.1) is 21.4 Å². The molecule has 0 aliphatic rings. The van der Waals surface area contributed by atoms with Gasteiger partial charge >= 0.3 is 0 Å². The fourth-order valence-corrected chi connectivity index (χ4v) is 3.95. The van der Waals surface area contributed by atoms with Gasteiger partial charge in [-0.05, 0) is 65.1 Å². The van der Waals surface area contributed by atoms with Crippen molar-refractivity contribution in [1.82, 2.24) is 0 Å². The number of hydrogen-bond donors (Lipinski definition) is 0. The highest BCUT2D eigenvalue weighted by molar-refractivity contribution is 6.33. The Morgan fingerprint density at radius 1 is 0.543 bits per heavy atom. The van der Waals surface area contributed by atoms with E-state index in [4.69, 9.17) is 23.2 Å². The molecule has 0 radical (unpaired) electrons. The predicted molar refractivity (Wildman–Crippen MR) is 153 cm³/mol. The molecule has 4 aromatic rings. The highest BCUT2D eigenvalue weighted by atomic mass is 35.5. The number of nitrogens with zero attached hydrogens (tertiary/aromatic N) is 2. The molecule has 172 valence electrons. The smallest absolute Gasteiger partial charge is 0.0816 e. The molecule has 2 nitrogen and oxygen atoms in total. The van der Waals surface area contributed by atoms with Gasteiger partial charge in [0.2, 0.25) is 0 Å². The minimum Gasteiger partial charge on any atom is -0.255 e. The van der Waals surface area contributed by atoms with E-state index in [1.165, 1.54) is 0 Å². The van der Waals surface area contributed by atoms with Crippen LogP contribution < -0.4 is 0 Å². The van der Waals surface area contributed by atoms with Crippen LogP contribution in [0.25, 0.3) is 12.2 Å². The summed E-state index contributed by atoms with van der Waals surface area (Å²) in [6, 6.07) is 32.0. The molecule has 0 heterocycles. The minimum absolute atomic E-state index is 0.615. The highest BCUT2D eigenvalue weighted by Crippen LogP contribution is 2.29. The van der Waals surface area contributed by atoms with Crippen LogP contribution in [0.4, 0.5) is 11.4 Å². The molecule has 0 bridgehead atoms. The molecule has 4 heteroatoms. The molecule has 35 heavy (non-hydrogen) atoms. The molecule has 0 spiro atoms.